The summed E-state index contributed by atoms with van der Waals surface area (Å²) in [4.78, 5) is 20.9. The van der Waals surface area contributed by atoms with Crippen LogP contribution >= 0.6 is 11.3 Å². The summed E-state index contributed by atoms with van der Waals surface area (Å²) >= 11 is 1.22. The van der Waals surface area contributed by atoms with Crippen LogP contribution in [0, 0.1) is 6.92 Å². The lowest BCUT2D eigenvalue weighted by Crippen LogP contribution is -2.45. The van der Waals surface area contributed by atoms with Gasteiger partial charge >= 0.3 is 0 Å². The molecule has 2 aromatic rings. The number of nitrogens with zero attached hydrogens (tertiary/aromatic N) is 3. The number of anilines is 4. The number of aromatic nitrogens is 1. The SMILES string of the molecule is CC(=O)Nc1cscc1S(=O)(=O)Nc1cc(NC2CCCC2)c(N2CCN(C)CC2)nc1C. The van der Waals surface area contributed by atoms with Gasteiger partial charge in [0.05, 0.1) is 22.8 Å². The Kier molecular flexibility index (Phi) is 7.10. The quantitative estimate of drug-likeness (QED) is 0.544. The average molecular weight is 493 g/mol. The van der Waals surface area contributed by atoms with Crippen molar-refractivity contribution in [3.8, 4) is 0 Å². The molecule has 0 aromatic carbocycles. The Labute approximate surface area is 199 Å². The maximum absolute atomic E-state index is 13.2. The Bertz CT molecular complexity index is 1100. The Morgan fingerprint density at radius 3 is 2.45 bits per heavy atom. The molecule has 0 spiro atoms. The molecule has 2 aromatic heterocycles. The van der Waals surface area contributed by atoms with Crippen LogP contribution in [0.2, 0.25) is 0 Å². The number of piperazine rings is 1. The van der Waals surface area contributed by atoms with Crippen molar-refractivity contribution in [2.75, 3.05) is 53.5 Å². The first-order chi connectivity index (χ1) is 15.7. The fourth-order valence-electron chi connectivity index (χ4n) is 4.33. The highest BCUT2D eigenvalue weighted by atomic mass is 32.2. The molecule has 2 fully saturated rings. The second kappa shape index (κ2) is 9.86. The summed E-state index contributed by atoms with van der Waals surface area (Å²) < 4.78 is 29.1. The number of pyridine rings is 1. The molecule has 1 aliphatic carbocycles. The fraction of sp³-hybridized carbons (Fsp3) is 0.545. The molecule has 3 heterocycles. The number of hydrogen-bond donors (Lipinski definition) is 3. The maximum atomic E-state index is 13.2. The molecule has 11 heteroatoms. The van der Waals surface area contributed by atoms with Crippen LogP contribution in [0.5, 0.6) is 0 Å². The second-order valence-electron chi connectivity index (χ2n) is 8.84. The first kappa shape index (κ1) is 23.8. The van der Waals surface area contributed by atoms with E-state index >= 15 is 0 Å². The molecule has 1 amide bonds. The predicted octanol–water partition coefficient (Wildman–Crippen LogP) is 3.32. The highest BCUT2D eigenvalue weighted by molar-refractivity contribution is 7.93. The number of amides is 1. The van der Waals surface area contributed by atoms with E-state index in [-0.39, 0.29) is 16.5 Å². The van der Waals surface area contributed by atoms with Gasteiger partial charge < -0.3 is 20.4 Å². The highest BCUT2D eigenvalue weighted by Crippen LogP contribution is 2.35. The molecular formula is C22H32N6O3S2. The van der Waals surface area contributed by atoms with Gasteiger partial charge in [0, 0.05) is 49.9 Å². The molecule has 2 aliphatic rings. The van der Waals surface area contributed by atoms with E-state index < -0.39 is 10.0 Å². The number of carbonyl (C=O) groups is 1. The Morgan fingerprint density at radius 1 is 1.09 bits per heavy atom. The molecule has 0 radical (unpaired) electrons. The zero-order valence-corrected chi connectivity index (χ0v) is 21.0. The molecule has 0 bridgehead atoms. The van der Waals surface area contributed by atoms with Crippen molar-refractivity contribution in [2.24, 2.45) is 0 Å². The van der Waals surface area contributed by atoms with Crippen LogP contribution in [0.15, 0.2) is 21.7 Å². The minimum Gasteiger partial charge on any atom is -0.379 e. The van der Waals surface area contributed by atoms with Gasteiger partial charge in [-0.3, -0.25) is 9.52 Å². The van der Waals surface area contributed by atoms with E-state index in [0.717, 1.165) is 50.5 Å². The molecule has 3 N–H and O–H groups in total. The van der Waals surface area contributed by atoms with Gasteiger partial charge in [-0.15, -0.1) is 11.3 Å². The zero-order valence-electron chi connectivity index (χ0n) is 19.3. The van der Waals surface area contributed by atoms with Gasteiger partial charge in [0.25, 0.3) is 10.0 Å². The normalized spacial score (nSPS) is 17.8. The summed E-state index contributed by atoms with van der Waals surface area (Å²) in [5, 5.41) is 9.36. The van der Waals surface area contributed by atoms with Gasteiger partial charge in [-0.05, 0) is 32.9 Å². The number of rotatable bonds is 7. The van der Waals surface area contributed by atoms with Crippen LogP contribution in [0.25, 0.3) is 0 Å². The number of hydrogen-bond acceptors (Lipinski definition) is 8. The second-order valence-corrected chi connectivity index (χ2v) is 11.2. The van der Waals surface area contributed by atoms with Gasteiger partial charge in [-0.2, -0.15) is 0 Å². The van der Waals surface area contributed by atoms with Gasteiger partial charge in [0.1, 0.15) is 4.90 Å². The Morgan fingerprint density at radius 2 is 1.79 bits per heavy atom. The van der Waals surface area contributed by atoms with Gasteiger partial charge in [-0.25, -0.2) is 13.4 Å². The minimum absolute atomic E-state index is 0.0514. The van der Waals surface area contributed by atoms with Crippen molar-refractivity contribution in [3.63, 3.8) is 0 Å². The van der Waals surface area contributed by atoms with Gasteiger partial charge in [0.2, 0.25) is 5.91 Å². The smallest absolute Gasteiger partial charge is 0.264 e. The standard InChI is InChI=1S/C22H32N6O3S2/c1-15-18(26-33(30,31)21-14-32-13-20(21)24-16(2)29)12-19(25-17-6-4-5-7-17)22(23-15)28-10-8-27(3)9-11-28/h12-14,17,25-26H,4-11H2,1-3H3,(H,24,29). The number of aryl methyl sites for hydroxylation is 1. The highest BCUT2D eigenvalue weighted by Gasteiger charge is 2.26. The van der Waals surface area contributed by atoms with Crippen LogP contribution in [0.1, 0.15) is 38.3 Å². The first-order valence-corrected chi connectivity index (χ1v) is 13.7. The summed E-state index contributed by atoms with van der Waals surface area (Å²) in [5.41, 5.74) is 2.19. The van der Waals surface area contributed by atoms with Crippen LogP contribution in [-0.2, 0) is 14.8 Å². The van der Waals surface area contributed by atoms with Gasteiger partial charge in [-0.1, -0.05) is 12.8 Å². The van der Waals surface area contributed by atoms with Crippen molar-refractivity contribution in [1.82, 2.24) is 9.88 Å². The van der Waals surface area contributed by atoms with Crippen molar-refractivity contribution in [2.45, 2.75) is 50.5 Å². The maximum Gasteiger partial charge on any atom is 0.264 e. The van der Waals surface area contributed by atoms with Crippen LogP contribution in [-0.4, -0.2) is 63.5 Å². The summed E-state index contributed by atoms with van der Waals surface area (Å²) in [7, 11) is -1.78. The molecular weight excluding hydrogens is 460 g/mol. The van der Waals surface area contributed by atoms with Crippen LogP contribution < -0.4 is 20.3 Å². The Balaban J connectivity index is 1.65. The third-order valence-electron chi connectivity index (χ3n) is 6.18. The summed E-state index contributed by atoms with van der Waals surface area (Å²) in [6.07, 6.45) is 4.60. The molecule has 0 atom stereocenters. The Hall–Kier alpha value is -2.37. The van der Waals surface area contributed by atoms with Crippen molar-refractivity contribution < 1.29 is 13.2 Å². The average Bonchev–Trinajstić information content (AvgIpc) is 3.43. The molecule has 180 valence electrons. The molecule has 1 aliphatic heterocycles. The number of sulfonamides is 1. The van der Waals surface area contributed by atoms with E-state index in [2.05, 4.69) is 32.2 Å². The largest absolute Gasteiger partial charge is 0.379 e. The van der Waals surface area contributed by atoms with E-state index in [1.807, 2.05) is 13.0 Å². The summed E-state index contributed by atoms with van der Waals surface area (Å²) in [5.74, 6) is 0.562. The van der Waals surface area contributed by atoms with Crippen molar-refractivity contribution in [3.05, 3.63) is 22.5 Å². The van der Waals surface area contributed by atoms with Crippen molar-refractivity contribution >= 4 is 50.1 Å². The van der Waals surface area contributed by atoms with Crippen molar-refractivity contribution in [1.29, 1.82) is 0 Å². The summed E-state index contributed by atoms with van der Waals surface area (Å²) in [6, 6.07) is 2.24. The molecule has 1 saturated heterocycles. The van der Waals surface area contributed by atoms with E-state index in [4.69, 9.17) is 4.98 Å². The zero-order chi connectivity index (χ0) is 23.6. The topological polar surface area (TPSA) is 107 Å². The van der Waals surface area contributed by atoms with Crippen LogP contribution in [0.3, 0.4) is 0 Å². The predicted molar refractivity (Wildman–Crippen MR) is 134 cm³/mol. The number of carbonyl (C=O) groups excluding carboxylic acids is 1. The molecule has 9 nitrogen and oxygen atoms in total. The molecule has 4 rings (SSSR count). The molecule has 0 unspecified atom stereocenters. The summed E-state index contributed by atoms with van der Waals surface area (Å²) in [6.45, 7) is 6.85. The fourth-order valence-corrected chi connectivity index (χ4v) is 6.72. The number of likely N-dealkylation sites (N-methyl/N-ethyl adjacent to an activating group) is 1. The lowest BCUT2D eigenvalue weighted by molar-refractivity contribution is -0.114. The third kappa shape index (κ3) is 5.59. The first-order valence-electron chi connectivity index (χ1n) is 11.3. The lowest BCUT2D eigenvalue weighted by atomic mass is 10.2. The molecule has 33 heavy (non-hydrogen) atoms. The lowest BCUT2D eigenvalue weighted by Gasteiger charge is -2.35. The number of thiophene rings is 1. The van der Waals surface area contributed by atoms with E-state index in [0.29, 0.717) is 17.4 Å². The van der Waals surface area contributed by atoms with E-state index in [9.17, 15) is 13.2 Å². The van der Waals surface area contributed by atoms with E-state index in [1.165, 1.54) is 36.5 Å². The van der Waals surface area contributed by atoms with Crippen LogP contribution in [0.4, 0.5) is 22.9 Å². The van der Waals surface area contributed by atoms with Gasteiger partial charge in [0.15, 0.2) is 5.82 Å². The number of nitrogens with one attached hydrogen (secondary N) is 3. The monoisotopic (exact) mass is 492 g/mol. The minimum atomic E-state index is -3.90. The third-order valence-corrected chi connectivity index (χ3v) is 8.48. The molecule has 1 saturated carbocycles. The van der Waals surface area contributed by atoms with E-state index in [1.54, 1.807) is 5.38 Å².